The summed E-state index contributed by atoms with van der Waals surface area (Å²) in [5, 5.41) is 0. The molecule has 1 aliphatic carbocycles. The van der Waals surface area contributed by atoms with Gasteiger partial charge in [-0.2, -0.15) is 0 Å². The zero-order valence-electron chi connectivity index (χ0n) is 11.2. The van der Waals surface area contributed by atoms with Gasteiger partial charge in [0.1, 0.15) is 5.75 Å². The number of benzene rings is 1. The summed E-state index contributed by atoms with van der Waals surface area (Å²) < 4.78 is 5.17. The number of methoxy groups -OCH3 is 1. The van der Waals surface area contributed by atoms with Crippen LogP contribution in [0, 0.1) is 5.41 Å². The number of nitrogens with zero attached hydrogens (tertiary/aromatic N) is 1. The molecule has 0 heterocycles. The molecule has 1 amide bonds. The van der Waals surface area contributed by atoms with Crippen molar-refractivity contribution < 1.29 is 9.53 Å². The molecule has 19 heavy (non-hydrogen) atoms. The smallest absolute Gasteiger partial charge is 0.239 e. The summed E-state index contributed by atoms with van der Waals surface area (Å²) in [6.45, 7) is 0. The number of nitrogens with two attached hydrogens (primary N) is 1. The first-order valence-corrected chi connectivity index (χ1v) is 6.64. The van der Waals surface area contributed by atoms with E-state index in [1.54, 1.807) is 19.1 Å². The molecule has 0 spiro atoms. The monoisotopic (exact) mass is 278 g/mol. The van der Waals surface area contributed by atoms with Crippen LogP contribution in [0.4, 0.5) is 5.69 Å². The van der Waals surface area contributed by atoms with Crippen molar-refractivity contribution in [3.8, 4) is 5.75 Å². The Kier molecular flexibility index (Phi) is 3.75. The number of hydrogen-bond acceptors (Lipinski definition) is 3. The van der Waals surface area contributed by atoms with E-state index >= 15 is 0 Å². The predicted molar refractivity (Wildman–Crippen MR) is 79.5 cm³/mol. The molecule has 0 saturated heterocycles. The van der Waals surface area contributed by atoms with E-state index in [9.17, 15) is 4.79 Å². The Morgan fingerprint density at radius 1 is 1.47 bits per heavy atom. The van der Waals surface area contributed by atoms with Crippen LogP contribution in [0.5, 0.6) is 5.75 Å². The topological polar surface area (TPSA) is 55.6 Å². The van der Waals surface area contributed by atoms with Gasteiger partial charge in [0.25, 0.3) is 0 Å². The largest absolute Gasteiger partial charge is 0.497 e. The normalized spacial score (nSPS) is 16.3. The lowest BCUT2D eigenvalue weighted by molar-refractivity contribution is -0.127. The van der Waals surface area contributed by atoms with Crippen LogP contribution < -0.4 is 15.4 Å². The van der Waals surface area contributed by atoms with Gasteiger partial charge >= 0.3 is 0 Å². The fraction of sp³-hybridized carbons (Fsp3) is 0.429. The summed E-state index contributed by atoms with van der Waals surface area (Å²) in [4.78, 5) is 14.5. The third-order valence-electron chi connectivity index (χ3n) is 3.83. The molecule has 0 aliphatic heterocycles. The molecule has 0 atom stereocenters. The first kappa shape index (κ1) is 13.8. The molecule has 0 radical (unpaired) electrons. The second-order valence-electron chi connectivity index (χ2n) is 4.87. The Morgan fingerprint density at radius 2 is 2.16 bits per heavy atom. The first-order chi connectivity index (χ1) is 9.01. The van der Waals surface area contributed by atoms with Crippen LogP contribution in [0.3, 0.4) is 0 Å². The van der Waals surface area contributed by atoms with Gasteiger partial charge in [-0.15, -0.1) is 0 Å². The lowest BCUT2D eigenvalue weighted by Gasteiger charge is -2.41. The molecule has 1 fully saturated rings. The van der Waals surface area contributed by atoms with Crippen molar-refractivity contribution >= 4 is 28.8 Å². The maximum atomic E-state index is 12.6. The predicted octanol–water partition coefficient (Wildman–Crippen LogP) is 2.11. The lowest BCUT2D eigenvalue weighted by atomic mass is 9.67. The Balaban J connectivity index is 2.25. The summed E-state index contributed by atoms with van der Waals surface area (Å²) in [5.74, 6) is 0.689. The van der Waals surface area contributed by atoms with Crippen molar-refractivity contribution in [1.29, 1.82) is 0 Å². The molecule has 1 aliphatic rings. The Bertz CT molecular complexity index is 512. The van der Waals surface area contributed by atoms with Crippen molar-refractivity contribution in [1.82, 2.24) is 0 Å². The van der Waals surface area contributed by atoms with Gasteiger partial charge in [-0.05, 0) is 25.0 Å². The van der Waals surface area contributed by atoms with Gasteiger partial charge in [0.15, 0.2) is 0 Å². The zero-order chi connectivity index (χ0) is 14.0. The minimum atomic E-state index is -0.646. The molecule has 1 aromatic rings. The quantitative estimate of drug-likeness (QED) is 0.857. The molecule has 0 unspecified atom stereocenters. The Labute approximate surface area is 118 Å². The van der Waals surface area contributed by atoms with Gasteiger partial charge in [-0.1, -0.05) is 24.7 Å². The van der Waals surface area contributed by atoms with E-state index < -0.39 is 5.41 Å². The molecule has 2 N–H and O–H groups in total. The first-order valence-electron chi connectivity index (χ1n) is 6.23. The van der Waals surface area contributed by atoms with E-state index in [2.05, 4.69) is 0 Å². The number of amides is 1. The number of carbonyl (C=O) groups excluding carboxylic acids is 1. The summed E-state index contributed by atoms with van der Waals surface area (Å²) in [6, 6.07) is 7.39. The van der Waals surface area contributed by atoms with Gasteiger partial charge in [-0.25, -0.2) is 0 Å². The minimum absolute atomic E-state index is 0.0282. The minimum Gasteiger partial charge on any atom is -0.497 e. The lowest BCUT2D eigenvalue weighted by Crippen LogP contribution is -2.53. The number of thiocarbonyl (C=S) groups is 1. The summed E-state index contributed by atoms with van der Waals surface area (Å²) in [7, 11) is 3.35. The van der Waals surface area contributed by atoms with Gasteiger partial charge in [0.05, 0.1) is 17.5 Å². The second kappa shape index (κ2) is 5.17. The third kappa shape index (κ3) is 2.30. The number of ether oxygens (including phenoxy) is 1. The van der Waals surface area contributed by atoms with Crippen LogP contribution in [-0.4, -0.2) is 25.1 Å². The highest BCUT2D eigenvalue weighted by Gasteiger charge is 2.48. The maximum Gasteiger partial charge on any atom is 0.239 e. The van der Waals surface area contributed by atoms with Crippen LogP contribution in [0.1, 0.15) is 19.3 Å². The molecular formula is C14H18N2O2S. The summed E-state index contributed by atoms with van der Waals surface area (Å²) in [6.07, 6.45) is 2.49. The average Bonchev–Trinajstić information content (AvgIpc) is 2.36. The van der Waals surface area contributed by atoms with E-state index in [-0.39, 0.29) is 5.91 Å². The number of hydrogen-bond donors (Lipinski definition) is 1. The SMILES string of the molecule is COc1cccc(N(C)C(=O)C2(C(N)=S)CCC2)c1. The van der Waals surface area contributed by atoms with Crippen molar-refractivity contribution in [2.24, 2.45) is 11.1 Å². The fourth-order valence-electron chi connectivity index (χ4n) is 2.35. The zero-order valence-corrected chi connectivity index (χ0v) is 12.0. The van der Waals surface area contributed by atoms with Gasteiger partial charge in [0.2, 0.25) is 5.91 Å². The molecule has 1 saturated carbocycles. The van der Waals surface area contributed by atoms with Crippen molar-refractivity contribution in [2.75, 3.05) is 19.1 Å². The van der Waals surface area contributed by atoms with Gasteiger partial charge in [0, 0.05) is 18.8 Å². The van der Waals surface area contributed by atoms with E-state index in [1.807, 2.05) is 24.3 Å². The third-order valence-corrected chi connectivity index (χ3v) is 4.22. The van der Waals surface area contributed by atoms with Gasteiger partial charge < -0.3 is 15.4 Å². The molecule has 1 aromatic carbocycles. The van der Waals surface area contributed by atoms with Crippen LogP contribution in [0.2, 0.25) is 0 Å². The highest BCUT2D eigenvalue weighted by Crippen LogP contribution is 2.43. The molecule has 0 aromatic heterocycles. The molecule has 102 valence electrons. The highest BCUT2D eigenvalue weighted by molar-refractivity contribution is 7.80. The number of carbonyl (C=O) groups is 1. The Morgan fingerprint density at radius 3 is 2.63 bits per heavy atom. The summed E-state index contributed by atoms with van der Waals surface area (Å²) >= 11 is 5.08. The van der Waals surface area contributed by atoms with E-state index in [0.717, 1.165) is 30.7 Å². The van der Waals surface area contributed by atoms with Crippen LogP contribution in [0.25, 0.3) is 0 Å². The number of rotatable bonds is 4. The second-order valence-corrected chi connectivity index (χ2v) is 5.31. The molecule has 0 bridgehead atoms. The van der Waals surface area contributed by atoms with Crippen LogP contribution in [-0.2, 0) is 4.79 Å². The van der Waals surface area contributed by atoms with E-state index in [4.69, 9.17) is 22.7 Å². The highest BCUT2D eigenvalue weighted by atomic mass is 32.1. The van der Waals surface area contributed by atoms with Gasteiger partial charge in [-0.3, -0.25) is 4.79 Å². The molecule has 5 heteroatoms. The molecule has 4 nitrogen and oxygen atoms in total. The van der Waals surface area contributed by atoms with Crippen LogP contribution in [0.15, 0.2) is 24.3 Å². The standard InChI is InChI=1S/C14H18N2O2S/c1-16(10-5-3-6-11(9-10)18-2)13(17)14(12(15)19)7-4-8-14/h3,5-6,9H,4,7-8H2,1-2H3,(H2,15,19). The maximum absolute atomic E-state index is 12.6. The van der Waals surface area contributed by atoms with Crippen molar-refractivity contribution in [2.45, 2.75) is 19.3 Å². The fourth-order valence-corrected chi connectivity index (χ4v) is 2.64. The van der Waals surface area contributed by atoms with E-state index in [1.165, 1.54) is 0 Å². The Hall–Kier alpha value is -1.62. The average molecular weight is 278 g/mol. The van der Waals surface area contributed by atoms with E-state index in [0.29, 0.717) is 4.99 Å². The van der Waals surface area contributed by atoms with Crippen molar-refractivity contribution in [3.05, 3.63) is 24.3 Å². The number of anilines is 1. The van der Waals surface area contributed by atoms with Crippen LogP contribution >= 0.6 is 12.2 Å². The molecular weight excluding hydrogens is 260 g/mol. The summed E-state index contributed by atoms with van der Waals surface area (Å²) in [5.41, 5.74) is 5.90. The molecule has 2 rings (SSSR count). The van der Waals surface area contributed by atoms with Crippen molar-refractivity contribution in [3.63, 3.8) is 0 Å².